The van der Waals surface area contributed by atoms with E-state index in [4.69, 9.17) is 4.74 Å². The molecule has 33 heavy (non-hydrogen) atoms. The minimum atomic E-state index is -0.507. The maximum atomic E-state index is 14.2. The van der Waals surface area contributed by atoms with Crippen molar-refractivity contribution >= 4 is 17.2 Å². The molecular weight excluding hydrogens is 442 g/mol. The Labute approximate surface area is 196 Å². The van der Waals surface area contributed by atoms with Crippen molar-refractivity contribution in [2.75, 3.05) is 20.2 Å². The van der Waals surface area contributed by atoms with Gasteiger partial charge in [-0.1, -0.05) is 36.4 Å². The summed E-state index contributed by atoms with van der Waals surface area (Å²) in [5.41, 5.74) is 2.14. The van der Waals surface area contributed by atoms with Crippen LogP contribution in [-0.2, 0) is 16.7 Å². The molecule has 2 aromatic carbocycles. The van der Waals surface area contributed by atoms with E-state index >= 15 is 0 Å². The number of rotatable bonds is 5. The van der Waals surface area contributed by atoms with Gasteiger partial charge in [0.05, 0.1) is 17.0 Å². The second kappa shape index (κ2) is 8.97. The molecule has 3 aromatic rings. The fourth-order valence-corrected chi connectivity index (χ4v) is 6.19. The maximum Gasteiger partial charge on any atom is 0.261 e. The third kappa shape index (κ3) is 3.88. The number of fused-ring (bicyclic) bond motifs is 2. The number of nitrogens with one attached hydrogen (secondary N) is 1. The maximum absolute atomic E-state index is 14.2. The van der Waals surface area contributed by atoms with Crippen molar-refractivity contribution in [3.05, 3.63) is 93.2 Å². The van der Waals surface area contributed by atoms with E-state index in [1.807, 2.05) is 29.6 Å². The van der Waals surface area contributed by atoms with Crippen LogP contribution in [0, 0.1) is 11.6 Å². The average Bonchev–Trinajstić information content (AvgIpc) is 3.44. The molecule has 1 aliphatic carbocycles. The van der Waals surface area contributed by atoms with Crippen LogP contribution in [0.15, 0.2) is 60.0 Å². The highest BCUT2D eigenvalue weighted by Crippen LogP contribution is 2.52. The molecule has 172 valence electrons. The number of halogens is 2. The molecule has 0 unspecified atom stereocenters. The first kappa shape index (κ1) is 22.2. The lowest BCUT2D eigenvalue weighted by molar-refractivity contribution is -0.0124. The Morgan fingerprint density at radius 3 is 2.48 bits per heavy atom. The van der Waals surface area contributed by atoms with Crippen molar-refractivity contribution in [2.45, 2.75) is 36.9 Å². The van der Waals surface area contributed by atoms with Gasteiger partial charge in [0.1, 0.15) is 11.6 Å². The van der Waals surface area contributed by atoms with E-state index < -0.39 is 11.6 Å². The number of likely N-dealkylation sites (tertiary alicyclic amines) is 1. The van der Waals surface area contributed by atoms with E-state index in [0.29, 0.717) is 18.0 Å². The zero-order valence-electron chi connectivity index (χ0n) is 18.4. The highest BCUT2D eigenvalue weighted by molar-refractivity contribution is 7.12. The number of thiophene rings is 1. The van der Waals surface area contributed by atoms with Gasteiger partial charge in [-0.2, -0.15) is 0 Å². The zero-order valence-corrected chi connectivity index (χ0v) is 19.2. The van der Waals surface area contributed by atoms with Crippen LogP contribution in [0.5, 0.6) is 0 Å². The quantitative estimate of drug-likeness (QED) is 0.569. The van der Waals surface area contributed by atoms with Crippen molar-refractivity contribution in [3.8, 4) is 0 Å². The van der Waals surface area contributed by atoms with Gasteiger partial charge < -0.3 is 10.1 Å². The molecule has 1 aliphatic heterocycles. The van der Waals surface area contributed by atoms with E-state index in [1.54, 1.807) is 7.11 Å². The van der Waals surface area contributed by atoms with Crippen molar-refractivity contribution in [3.63, 3.8) is 0 Å². The summed E-state index contributed by atoms with van der Waals surface area (Å²) in [5.74, 6) is -1.11. The minimum absolute atomic E-state index is 0.101. The van der Waals surface area contributed by atoms with Crippen LogP contribution in [0.1, 0.15) is 45.2 Å². The number of methoxy groups -OCH3 is 1. The van der Waals surface area contributed by atoms with Crippen LogP contribution >= 0.6 is 11.3 Å². The van der Waals surface area contributed by atoms with Gasteiger partial charge in [0, 0.05) is 24.6 Å². The number of carbonyl (C=O) groups is 1. The standard InChI is InChI=1S/C26H26F2N2O2S/c1-32-24-23(29-25(31)22-10-5-15-33-22)17-6-2-3-7-19(17)26(24)11-13-30(14-12-26)16-18-20(27)8-4-9-21(18)28/h2-10,15,23-24H,11-14,16H2,1H3,(H,29,31)/t23-,24+/m0/s1. The van der Waals surface area contributed by atoms with Crippen LogP contribution in [0.25, 0.3) is 0 Å². The summed E-state index contributed by atoms with van der Waals surface area (Å²) in [7, 11) is 1.70. The molecule has 1 N–H and O–H groups in total. The van der Waals surface area contributed by atoms with Gasteiger partial charge in [-0.3, -0.25) is 9.69 Å². The number of ether oxygens (including phenoxy) is 1. The van der Waals surface area contributed by atoms with Gasteiger partial charge in [-0.05, 0) is 60.6 Å². The lowest BCUT2D eigenvalue weighted by Gasteiger charge is -2.44. The Balaban J connectivity index is 1.39. The molecule has 1 aromatic heterocycles. The SMILES string of the molecule is CO[C@@H]1[C@@H](NC(=O)c2cccs2)c2ccccc2C12CCN(Cc1c(F)cccc1F)CC2. The van der Waals surface area contributed by atoms with Crippen LogP contribution in [0.2, 0.25) is 0 Å². The molecule has 1 spiro atoms. The summed E-state index contributed by atoms with van der Waals surface area (Å²) in [6, 6.07) is 15.6. The number of hydrogen-bond donors (Lipinski definition) is 1. The molecule has 4 nitrogen and oxygen atoms in total. The molecule has 1 amide bonds. The van der Waals surface area contributed by atoms with Crippen LogP contribution in [0.4, 0.5) is 8.78 Å². The van der Waals surface area contributed by atoms with Gasteiger partial charge in [0.15, 0.2) is 0 Å². The Morgan fingerprint density at radius 2 is 1.82 bits per heavy atom. The summed E-state index contributed by atoms with van der Waals surface area (Å²) in [6.45, 7) is 1.62. The van der Waals surface area contributed by atoms with Crippen LogP contribution in [0.3, 0.4) is 0 Å². The molecule has 0 bridgehead atoms. The number of benzene rings is 2. The van der Waals surface area contributed by atoms with Crippen LogP contribution in [-0.4, -0.2) is 37.1 Å². The second-order valence-electron chi connectivity index (χ2n) is 8.80. The number of carbonyl (C=O) groups excluding carboxylic acids is 1. The number of piperidine rings is 1. The monoisotopic (exact) mass is 468 g/mol. The summed E-state index contributed by atoms with van der Waals surface area (Å²) >= 11 is 1.41. The third-order valence-electron chi connectivity index (χ3n) is 7.16. The largest absolute Gasteiger partial charge is 0.378 e. The van der Waals surface area contributed by atoms with Crippen molar-refractivity contribution in [1.29, 1.82) is 0 Å². The number of hydrogen-bond acceptors (Lipinski definition) is 4. The van der Waals surface area contributed by atoms with E-state index in [-0.39, 0.29) is 35.6 Å². The molecule has 2 aliphatic rings. The Morgan fingerprint density at radius 1 is 1.09 bits per heavy atom. The van der Waals surface area contributed by atoms with Gasteiger partial charge in [-0.25, -0.2) is 8.78 Å². The predicted octanol–water partition coefficient (Wildman–Crippen LogP) is 5.06. The fourth-order valence-electron chi connectivity index (χ4n) is 5.56. The van der Waals surface area contributed by atoms with E-state index in [0.717, 1.165) is 18.4 Å². The van der Waals surface area contributed by atoms with E-state index in [1.165, 1.54) is 35.1 Å². The Bertz CT molecular complexity index is 1120. The van der Waals surface area contributed by atoms with Gasteiger partial charge >= 0.3 is 0 Å². The average molecular weight is 469 g/mol. The third-order valence-corrected chi connectivity index (χ3v) is 8.03. The summed E-state index contributed by atoms with van der Waals surface area (Å²) < 4.78 is 34.4. The summed E-state index contributed by atoms with van der Waals surface area (Å²) in [4.78, 5) is 15.7. The molecule has 1 fully saturated rings. The van der Waals surface area contributed by atoms with Gasteiger partial charge in [0.2, 0.25) is 0 Å². The number of nitrogens with zero attached hydrogens (tertiary/aromatic N) is 1. The first-order valence-corrected chi connectivity index (χ1v) is 12.0. The summed E-state index contributed by atoms with van der Waals surface area (Å²) in [5, 5.41) is 5.10. The topological polar surface area (TPSA) is 41.6 Å². The second-order valence-corrected chi connectivity index (χ2v) is 9.75. The molecule has 2 heterocycles. The first-order valence-electron chi connectivity index (χ1n) is 11.2. The van der Waals surface area contributed by atoms with Crippen LogP contribution < -0.4 is 5.32 Å². The fraction of sp³-hybridized carbons (Fsp3) is 0.346. The van der Waals surface area contributed by atoms with Crippen molar-refractivity contribution in [1.82, 2.24) is 10.2 Å². The van der Waals surface area contributed by atoms with Crippen molar-refractivity contribution < 1.29 is 18.3 Å². The lowest BCUT2D eigenvalue weighted by atomic mass is 9.71. The molecule has 5 rings (SSSR count). The smallest absolute Gasteiger partial charge is 0.261 e. The highest BCUT2D eigenvalue weighted by Gasteiger charge is 2.54. The summed E-state index contributed by atoms with van der Waals surface area (Å²) in [6.07, 6.45) is 1.35. The van der Waals surface area contributed by atoms with Gasteiger partial charge in [0.25, 0.3) is 5.91 Å². The Hall–Kier alpha value is -2.61. The first-order chi connectivity index (χ1) is 16.0. The minimum Gasteiger partial charge on any atom is -0.378 e. The van der Waals surface area contributed by atoms with E-state index in [2.05, 4.69) is 22.3 Å². The van der Waals surface area contributed by atoms with Crippen molar-refractivity contribution in [2.24, 2.45) is 0 Å². The molecule has 2 atom stereocenters. The molecule has 0 radical (unpaired) electrons. The lowest BCUT2D eigenvalue weighted by Crippen LogP contribution is -2.50. The Kier molecular flexibility index (Phi) is 6.03. The molecular formula is C26H26F2N2O2S. The highest BCUT2D eigenvalue weighted by atomic mass is 32.1. The molecule has 1 saturated heterocycles. The molecule has 7 heteroatoms. The molecule has 0 saturated carbocycles. The van der Waals surface area contributed by atoms with E-state index in [9.17, 15) is 13.6 Å². The zero-order chi connectivity index (χ0) is 23.0. The number of amides is 1. The predicted molar refractivity (Wildman–Crippen MR) is 124 cm³/mol. The van der Waals surface area contributed by atoms with Gasteiger partial charge in [-0.15, -0.1) is 11.3 Å². The normalized spacial score (nSPS) is 21.8.